The van der Waals surface area contributed by atoms with Crippen LogP contribution in [0.1, 0.15) is 23.1 Å². The maximum atomic E-state index is 13.1. The molecule has 0 saturated heterocycles. The summed E-state index contributed by atoms with van der Waals surface area (Å²) in [6.45, 7) is 1.40. The van der Waals surface area contributed by atoms with E-state index in [1.807, 2.05) is 55.4 Å². The molecule has 28 heavy (non-hydrogen) atoms. The third-order valence-electron chi connectivity index (χ3n) is 4.75. The molecule has 0 bridgehead atoms. The summed E-state index contributed by atoms with van der Waals surface area (Å²) < 4.78 is 9.27. The second-order valence-electron chi connectivity index (χ2n) is 6.98. The molecule has 1 atom stereocenters. The van der Waals surface area contributed by atoms with Gasteiger partial charge in [-0.25, -0.2) is 14.0 Å². The number of rotatable bonds is 4. The van der Waals surface area contributed by atoms with Crippen molar-refractivity contribution in [1.82, 2.24) is 19.2 Å². The maximum Gasteiger partial charge on any atom is 0.350 e. The van der Waals surface area contributed by atoms with Gasteiger partial charge in [0.15, 0.2) is 5.82 Å². The van der Waals surface area contributed by atoms with Crippen LogP contribution < -0.4 is 5.69 Å². The molecule has 0 aliphatic carbocycles. The van der Waals surface area contributed by atoms with Crippen molar-refractivity contribution in [2.75, 3.05) is 20.6 Å². The Kier molecular flexibility index (Phi) is 5.29. The Hall–Kier alpha value is -2.12. The summed E-state index contributed by atoms with van der Waals surface area (Å²) in [5, 5.41) is 5.67. The number of hydrogen-bond acceptors (Lipinski definition) is 4. The van der Waals surface area contributed by atoms with Crippen molar-refractivity contribution in [3.63, 3.8) is 0 Å². The predicted octanol–water partition coefficient (Wildman–Crippen LogP) is 3.52. The number of fused-ring (bicyclic) bond motifs is 3. The minimum atomic E-state index is -0.446. The third kappa shape index (κ3) is 3.49. The van der Waals surface area contributed by atoms with Gasteiger partial charge in [-0.2, -0.15) is 5.10 Å². The van der Waals surface area contributed by atoms with E-state index in [-0.39, 0.29) is 12.3 Å². The van der Waals surface area contributed by atoms with Gasteiger partial charge in [0.2, 0.25) is 0 Å². The van der Waals surface area contributed by atoms with Crippen LogP contribution in [0.25, 0.3) is 5.69 Å². The molecule has 1 aliphatic rings. The number of nitrogens with zero attached hydrogens (tertiary/aromatic N) is 4. The van der Waals surface area contributed by atoms with Crippen molar-refractivity contribution in [3.8, 4) is 5.69 Å². The first-order valence-corrected chi connectivity index (χ1v) is 9.70. The standard InChI is InChI=1S/C20H20Cl2N4O2/c1-24(2)9-10-25-20(27)26-17-8-7-13(21)11-15(17)19(28-12-18(26)23-25)14-5-3-4-6-16(14)22/h3-8,11,19H,9-10,12H2,1-2H3. The summed E-state index contributed by atoms with van der Waals surface area (Å²) in [4.78, 5) is 15.1. The largest absolute Gasteiger partial charge is 0.361 e. The van der Waals surface area contributed by atoms with Crippen LogP contribution in [0.4, 0.5) is 0 Å². The fourth-order valence-corrected chi connectivity index (χ4v) is 3.78. The average molecular weight is 419 g/mol. The lowest BCUT2D eigenvalue weighted by Gasteiger charge is -2.19. The molecule has 0 radical (unpaired) electrons. The van der Waals surface area contributed by atoms with E-state index in [4.69, 9.17) is 27.9 Å². The van der Waals surface area contributed by atoms with Gasteiger partial charge in [0.1, 0.15) is 12.7 Å². The second-order valence-corrected chi connectivity index (χ2v) is 7.82. The highest BCUT2D eigenvalue weighted by molar-refractivity contribution is 6.31. The number of benzene rings is 2. The van der Waals surface area contributed by atoms with Crippen molar-refractivity contribution < 1.29 is 4.74 Å². The van der Waals surface area contributed by atoms with Gasteiger partial charge in [-0.1, -0.05) is 41.4 Å². The van der Waals surface area contributed by atoms with Gasteiger partial charge in [0, 0.05) is 27.7 Å². The number of likely N-dealkylation sites (N-methyl/N-ethyl adjacent to an activating group) is 1. The van der Waals surface area contributed by atoms with E-state index in [1.165, 1.54) is 4.68 Å². The van der Waals surface area contributed by atoms with Gasteiger partial charge in [0.05, 0.1) is 12.2 Å². The maximum absolute atomic E-state index is 13.1. The molecular formula is C20H20Cl2N4O2. The van der Waals surface area contributed by atoms with E-state index in [0.29, 0.717) is 34.6 Å². The van der Waals surface area contributed by atoms with Crippen LogP contribution in [0.5, 0.6) is 0 Å². The zero-order valence-corrected chi connectivity index (χ0v) is 17.1. The molecule has 0 amide bonds. The number of halogens is 2. The van der Waals surface area contributed by atoms with Crippen LogP contribution in [0, 0.1) is 0 Å². The molecule has 8 heteroatoms. The third-order valence-corrected chi connectivity index (χ3v) is 5.32. The van der Waals surface area contributed by atoms with Crippen LogP contribution in [0.3, 0.4) is 0 Å². The molecule has 4 rings (SSSR count). The molecular weight excluding hydrogens is 399 g/mol. The second kappa shape index (κ2) is 7.72. The van der Waals surface area contributed by atoms with Crippen molar-refractivity contribution >= 4 is 23.2 Å². The highest BCUT2D eigenvalue weighted by atomic mass is 35.5. The lowest BCUT2D eigenvalue weighted by molar-refractivity contribution is 0.0652. The van der Waals surface area contributed by atoms with Gasteiger partial charge in [-0.3, -0.25) is 0 Å². The molecule has 146 valence electrons. The molecule has 1 aliphatic heterocycles. The Morgan fingerprint density at radius 2 is 1.96 bits per heavy atom. The monoisotopic (exact) mass is 418 g/mol. The first-order chi connectivity index (χ1) is 13.5. The molecule has 0 saturated carbocycles. The SMILES string of the molecule is CN(C)CCn1nc2n(c1=O)-c1ccc(Cl)cc1C(c1ccccc1Cl)OC2. The Morgan fingerprint density at radius 3 is 2.71 bits per heavy atom. The summed E-state index contributed by atoms with van der Waals surface area (Å²) in [5.41, 5.74) is 2.13. The highest BCUT2D eigenvalue weighted by Gasteiger charge is 2.29. The summed E-state index contributed by atoms with van der Waals surface area (Å²) in [7, 11) is 3.92. The molecule has 1 aromatic heterocycles. The molecule has 1 unspecified atom stereocenters. The van der Waals surface area contributed by atoms with Crippen LogP contribution >= 0.6 is 23.2 Å². The van der Waals surface area contributed by atoms with Crippen LogP contribution in [-0.2, 0) is 17.9 Å². The Balaban J connectivity index is 1.86. The van der Waals surface area contributed by atoms with Gasteiger partial charge >= 0.3 is 5.69 Å². The zero-order valence-electron chi connectivity index (χ0n) is 15.6. The summed E-state index contributed by atoms with van der Waals surface area (Å²) in [5.74, 6) is 0.557. The molecule has 0 spiro atoms. The van der Waals surface area contributed by atoms with E-state index in [9.17, 15) is 4.79 Å². The van der Waals surface area contributed by atoms with Gasteiger partial charge < -0.3 is 9.64 Å². The van der Waals surface area contributed by atoms with E-state index >= 15 is 0 Å². The zero-order chi connectivity index (χ0) is 19.8. The molecule has 0 N–H and O–H groups in total. The van der Waals surface area contributed by atoms with Crippen molar-refractivity contribution in [3.05, 3.63) is 79.9 Å². The van der Waals surface area contributed by atoms with Crippen molar-refractivity contribution in [2.45, 2.75) is 19.3 Å². The lowest BCUT2D eigenvalue weighted by atomic mass is 9.99. The molecule has 6 nitrogen and oxygen atoms in total. The number of aromatic nitrogens is 3. The first-order valence-electron chi connectivity index (χ1n) is 8.95. The van der Waals surface area contributed by atoms with Crippen LogP contribution in [-0.4, -0.2) is 39.9 Å². The minimum Gasteiger partial charge on any atom is -0.361 e. The van der Waals surface area contributed by atoms with E-state index < -0.39 is 6.10 Å². The lowest BCUT2D eigenvalue weighted by Crippen LogP contribution is -2.29. The molecule has 0 fully saturated rings. The smallest absolute Gasteiger partial charge is 0.350 e. The average Bonchev–Trinajstić information content (AvgIpc) is 2.88. The normalized spacial score (nSPS) is 16.0. The Labute approximate surface area is 172 Å². The Bertz CT molecular complexity index is 1070. The fraction of sp³-hybridized carbons (Fsp3) is 0.300. The fourth-order valence-electron chi connectivity index (χ4n) is 3.36. The Morgan fingerprint density at radius 1 is 1.18 bits per heavy atom. The molecule has 2 aromatic carbocycles. The van der Waals surface area contributed by atoms with E-state index in [1.54, 1.807) is 10.6 Å². The van der Waals surface area contributed by atoms with E-state index in [2.05, 4.69) is 5.10 Å². The summed E-state index contributed by atoms with van der Waals surface area (Å²) in [6.07, 6.45) is -0.446. The van der Waals surface area contributed by atoms with Crippen LogP contribution in [0.2, 0.25) is 10.0 Å². The number of hydrogen-bond donors (Lipinski definition) is 0. The highest BCUT2D eigenvalue weighted by Crippen LogP contribution is 2.38. The first kappa shape index (κ1) is 19.2. The molecule has 3 aromatic rings. The topological polar surface area (TPSA) is 52.3 Å². The summed E-state index contributed by atoms with van der Waals surface area (Å²) >= 11 is 12.7. The van der Waals surface area contributed by atoms with Gasteiger partial charge in [-0.15, -0.1) is 0 Å². The predicted molar refractivity (Wildman–Crippen MR) is 109 cm³/mol. The quantitative estimate of drug-likeness (QED) is 0.650. The van der Waals surface area contributed by atoms with Crippen molar-refractivity contribution in [2.24, 2.45) is 0 Å². The van der Waals surface area contributed by atoms with Crippen molar-refractivity contribution in [1.29, 1.82) is 0 Å². The minimum absolute atomic E-state index is 0.187. The van der Waals surface area contributed by atoms with Crippen LogP contribution in [0.15, 0.2) is 47.3 Å². The number of ether oxygens (including phenoxy) is 1. The van der Waals surface area contributed by atoms with Gasteiger partial charge in [-0.05, 0) is 38.4 Å². The van der Waals surface area contributed by atoms with Gasteiger partial charge in [0.25, 0.3) is 0 Å². The summed E-state index contributed by atoms with van der Waals surface area (Å²) in [6, 6.07) is 12.9. The molecule has 2 heterocycles. The van der Waals surface area contributed by atoms with E-state index in [0.717, 1.165) is 11.1 Å².